The molecule has 1 saturated heterocycles. The van der Waals surface area contributed by atoms with Crippen LogP contribution < -0.4 is 5.32 Å². The standard InChI is InChI=1S/C35H38BrN7O4/c1-20-6-7-31(36)40-27(20)12-29(45)28-13-35-14-30(35)43(28)32(46)18-42-34-24(15-37-8-4-5-9-47-19-35)10-23(25-16-38-22(3)39-17-25)11-26(34)33(41-42)21(2)44/h6-7,10-11,16-17,28,30,37H,4-5,8-9,12-15,18-19H2,1-3H3/t28-,30+,35-/m0/s1. The van der Waals surface area contributed by atoms with Gasteiger partial charge >= 0.3 is 0 Å². The lowest BCUT2D eigenvalue weighted by Crippen LogP contribution is -2.45. The Morgan fingerprint density at radius 1 is 1.11 bits per heavy atom. The number of hydrogen-bond donors (Lipinski definition) is 1. The Kier molecular flexibility index (Phi) is 8.52. The Bertz CT molecular complexity index is 1890. The molecule has 1 amide bonds. The Morgan fingerprint density at radius 3 is 2.70 bits per heavy atom. The number of ketones is 2. The first kappa shape index (κ1) is 31.7. The highest BCUT2D eigenvalue weighted by Gasteiger charge is 2.67. The van der Waals surface area contributed by atoms with Crippen LogP contribution in [0.2, 0.25) is 0 Å². The molecule has 2 aliphatic heterocycles. The zero-order valence-corrected chi connectivity index (χ0v) is 28.5. The van der Waals surface area contributed by atoms with E-state index in [9.17, 15) is 14.4 Å². The minimum Gasteiger partial charge on any atom is -0.381 e. The largest absolute Gasteiger partial charge is 0.381 e. The molecule has 5 heterocycles. The number of pyridine rings is 1. The van der Waals surface area contributed by atoms with Crippen LogP contribution in [-0.4, -0.2) is 78.9 Å². The molecule has 0 radical (unpaired) electrons. The highest BCUT2D eigenvalue weighted by atomic mass is 79.9. The van der Waals surface area contributed by atoms with Crippen molar-refractivity contribution in [1.82, 2.24) is 34.9 Å². The Morgan fingerprint density at radius 2 is 1.91 bits per heavy atom. The van der Waals surface area contributed by atoms with Crippen molar-refractivity contribution in [2.75, 3.05) is 19.8 Å². The third-order valence-corrected chi connectivity index (χ3v) is 10.3. The highest BCUT2D eigenvalue weighted by molar-refractivity contribution is 9.10. The second-order valence-electron chi connectivity index (χ2n) is 13.2. The van der Waals surface area contributed by atoms with Crippen LogP contribution in [0.15, 0.2) is 41.3 Å². The lowest BCUT2D eigenvalue weighted by Gasteiger charge is -2.27. The Labute approximate surface area is 281 Å². The molecule has 2 fully saturated rings. The van der Waals surface area contributed by atoms with E-state index in [1.165, 1.54) is 6.92 Å². The van der Waals surface area contributed by atoms with Gasteiger partial charge < -0.3 is 15.0 Å². The summed E-state index contributed by atoms with van der Waals surface area (Å²) in [4.78, 5) is 56.4. The number of Topliss-reactive ketones (excluding diaryl/α,β-unsaturated/α-hetero) is 2. The summed E-state index contributed by atoms with van der Waals surface area (Å²) in [7, 11) is 0. The van der Waals surface area contributed by atoms with Crippen molar-refractivity contribution in [3.8, 4) is 11.1 Å². The van der Waals surface area contributed by atoms with Crippen LogP contribution in [0.25, 0.3) is 22.0 Å². The zero-order chi connectivity index (χ0) is 32.9. The van der Waals surface area contributed by atoms with Crippen LogP contribution in [0, 0.1) is 19.3 Å². The Hall–Kier alpha value is -3.87. The highest BCUT2D eigenvalue weighted by Crippen LogP contribution is 2.60. The summed E-state index contributed by atoms with van der Waals surface area (Å²) in [5.41, 5.74) is 5.08. The molecule has 47 heavy (non-hydrogen) atoms. The summed E-state index contributed by atoms with van der Waals surface area (Å²) in [5.74, 6) is 0.271. The lowest BCUT2D eigenvalue weighted by atomic mass is 9.95. The first-order valence-electron chi connectivity index (χ1n) is 16.2. The van der Waals surface area contributed by atoms with Gasteiger partial charge in [-0.2, -0.15) is 5.10 Å². The summed E-state index contributed by atoms with van der Waals surface area (Å²) in [6, 6.07) is 7.15. The summed E-state index contributed by atoms with van der Waals surface area (Å²) in [5, 5.41) is 8.96. The van der Waals surface area contributed by atoms with Gasteiger partial charge in [-0.3, -0.25) is 19.1 Å². The third kappa shape index (κ3) is 6.14. The number of nitrogens with one attached hydrogen (secondary N) is 1. The monoisotopic (exact) mass is 699 g/mol. The number of carbonyl (C=O) groups is 3. The normalized spacial score (nSPS) is 23.1. The predicted molar refractivity (Wildman–Crippen MR) is 179 cm³/mol. The van der Waals surface area contributed by atoms with Crippen LogP contribution in [0.5, 0.6) is 0 Å². The number of hydrogen-bond acceptors (Lipinski definition) is 9. The molecule has 12 heteroatoms. The van der Waals surface area contributed by atoms with E-state index in [-0.39, 0.29) is 41.9 Å². The lowest BCUT2D eigenvalue weighted by molar-refractivity contribution is -0.139. The van der Waals surface area contributed by atoms with E-state index in [4.69, 9.17) is 9.84 Å². The van der Waals surface area contributed by atoms with Gasteiger partial charge in [-0.15, -0.1) is 0 Å². The van der Waals surface area contributed by atoms with Gasteiger partial charge in [0.25, 0.3) is 0 Å². The number of aryl methyl sites for hydroxylation is 2. The molecule has 7 rings (SSSR count). The number of halogens is 1. The SMILES string of the molecule is CC(=O)c1nn2c3c(cc(-c4cnc(C)nc4)cc13)CNCCCCOC[C@@]13C[C@@H](C(=O)Cc4nc(Br)ccc4C)N(C(=O)C2)[C@@H]1C3. The Balaban J connectivity index is 1.28. The van der Waals surface area contributed by atoms with E-state index in [1.54, 1.807) is 22.0 Å². The third-order valence-electron chi connectivity index (χ3n) is 9.84. The van der Waals surface area contributed by atoms with Gasteiger partial charge in [-0.25, -0.2) is 15.0 Å². The predicted octanol–water partition coefficient (Wildman–Crippen LogP) is 4.54. The van der Waals surface area contributed by atoms with Crippen molar-refractivity contribution in [3.63, 3.8) is 0 Å². The van der Waals surface area contributed by atoms with Crippen molar-refractivity contribution in [3.05, 3.63) is 69.6 Å². The average molecular weight is 701 g/mol. The number of aromatic nitrogens is 5. The fraction of sp³-hybridized carbons (Fsp3) is 0.457. The van der Waals surface area contributed by atoms with Gasteiger partial charge in [0.1, 0.15) is 22.7 Å². The molecule has 0 unspecified atom stereocenters. The average Bonchev–Trinajstić information content (AvgIpc) is 3.44. The summed E-state index contributed by atoms with van der Waals surface area (Å²) in [6.07, 6.45) is 6.91. The van der Waals surface area contributed by atoms with Crippen LogP contribution in [0.4, 0.5) is 0 Å². The van der Waals surface area contributed by atoms with E-state index >= 15 is 0 Å². The number of amides is 1. The number of rotatable bonds is 5. The van der Waals surface area contributed by atoms with Crippen molar-refractivity contribution >= 4 is 44.3 Å². The molecule has 3 aromatic heterocycles. The minimum absolute atomic E-state index is 0.0267. The first-order chi connectivity index (χ1) is 22.6. The van der Waals surface area contributed by atoms with Gasteiger partial charge in [-0.1, -0.05) is 6.07 Å². The van der Waals surface area contributed by atoms with Gasteiger partial charge in [0.05, 0.1) is 30.3 Å². The minimum atomic E-state index is -0.580. The zero-order valence-electron chi connectivity index (χ0n) is 26.9. The molecule has 1 aliphatic carbocycles. The maximum absolute atomic E-state index is 14.4. The molecule has 2 bridgehead atoms. The van der Waals surface area contributed by atoms with Crippen LogP contribution in [-0.2, 0) is 33.8 Å². The number of ether oxygens (including phenoxy) is 1. The van der Waals surface area contributed by atoms with Gasteiger partial charge in [0.2, 0.25) is 5.91 Å². The topological polar surface area (TPSA) is 132 Å². The van der Waals surface area contributed by atoms with Gasteiger partial charge in [0, 0.05) is 54.9 Å². The fourth-order valence-electron chi connectivity index (χ4n) is 7.26. The number of nitrogens with zero attached hydrogens (tertiary/aromatic N) is 6. The number of carbonyl (C=O) groups excluding carboxylic acids is 3. The van der Waals surface area contributed by atoms with E-state index in [0.29, 0.717) is 53.4 Å². The molecule has 1 saturated carbocycles. The molecule has 3 atom stereocenters. The molecule has 1 aromatic carbocycles. The summed E-state index contributed by atoms with van der Waals surface area (Å²) < 4.78 is 8.50. The summed E-state index contributed by atoms with van der Waals surface area (Å²) >= 11 is 3.43. The van der Waals surface area contributed by atoms with Crippen LogP contribution >= 0.6 is 15.9 Å². The molecular formula is C35H38BrN7O4. The van der Waals surface area contributed by atoms with E-state index in [0.717, 1.165) is 53.6 Å². The second kappa shape index (κ2) is 12.6. The van der Waals surface area contributed by atoms with Gasteiger partial charge in [0.15, 0.2) is 11.6 Å². The quantitative estimate of drug-likeness (QED) is 0.236. The first-order valence-corrected chi connectivity index (χ1v) is 17.0. The van der Waals surface area contributed by atoms with Crippen molar-refractivity contribution in [1.29, 1.82) is 0 Å². The maximum Gasteiger partial charge on any atom is 0.245 e. The molecule has 244 valence electrons. The molecule has 0 spiro atoms. The second-order valence-corrected chi connectivity index (χ2v) is 14.0. The molecular weight excluding hydrogens is 662 g/mol. The van der Waals surface area contributed by atoms with E-state index in [2.05, 4.69) is 42.3 Å². The smallest absolute Gasteiger partial charge is 0.245 e. The number of piperidine rings is 1. The van der Waals surface area contributed by atoms with E-state index in [1.807, 2.05) is 32.0 Å². The van der Waals surface area contributed by atoms with Crippen molar-refractivity contribution in [2.24, 2.45) is 5.41 Å². The van der Waals surface area contributed by atoms with Crippen LogP contribution in [0.1, 0.15) is 65.7 Å². The summed E-state index contributed by atoms with van der Waals surface area (Å²) in [6.45, 7) is 7.65. The van der Waals surface area contributed by atoms with Crippen molar-refractivity contribution < 1.29 is 19.1 Å². The van der Waals surface area contributed by atoms with Gasteiger partial charge in [-0.05, 0) is 96.9 Å². The molecule has 4 aromatic rings. The van der Waals surface area contributed by atoms with Crippen LogP contribution in [0.3, 0.4) is 0 Å². The van der Waals surface area contributed by atoms with E-state index < -0.39 is 6.04 Å². The maximum atomic E-state index is 14.4. The number of benzene rings is 1. The molecule has 11 nitrogen and oxygen atoms in total. The van der Waals surface area contributed by atoms with Crippen molar-refractivity contribution in [2.45, 2.75) is 78.0 Å². The fourth-order valence-corrected chi connectivity index (χ4v) is 7.61. The molecule has 3 aliphatic rings. The molecule has 1 N–H and O–H groups in total.